The van der Waals surface area contributed by atoms with Crippen LogP contribution in [-0.2, 0) is 6.61 Å². The van der Waals surface area contributed by atoms with Gasteiger partial charge in [0.1, 0.15) is 12.4 Å². The van der Waals surface area contributed by atoms with E-state index in [1.807, 2.05) is 58.0 Å². The molecule has 0 saturated heterocycles. The van der Waals surface area contributed by atoms with Crippen molar-refractivity contribution in [3.63, 3.8) is 0 Å². The first-order valence-corrected chi connectivity index (χ1v) is 8.70. The summed E-state index contributed by atoms with van der Waals surface area (Å²) in [6, 6.07) is 12.4. The standard InChI is InChI=1S/C21H25F3O2/c1-13(2)17-10-16(20(25)21(22,23)24)11-18(14(3)4)19(17)26-12-15-8-6-5-7-9-15/h5-11,13-14,20,25H,12H2,1-4H3. The van der Waals surface area contributed by atoms with Crippen LogP contribution in [0.25, 0.3) is 0 Å². The van der Waals surface area contributed by atoms with Crippen molar-refractivity contribution in [1.82, 2.24) is 0 Å². The molecule has 0 bridgehead atoms. The molecule has 5 heteroatoms. The van der Waals surface area contributed by atoms with Crippen molar-refractivity contribution < 1.29 is 23.0 Å². The van der Waals surface area contributed by atoms with Gasteiger partial charge < -0.3 is 9.84 Å². The zero-order valence-electron chi connectivity index (χ0n) is 15.5. The third kappa shape index (κ3) is 4.79. The fourth-order valence-electron chi connectivity index (χ4n) is 2.80. The Balaban J connectivity index is 2.48. The first-order chi connectivity index (χ1) is 12.1. The van der Waals surface area contributed by atoms with E-state index >= 15 is 0 Å². The summed E-state index contributed by atoms with van der Waals surface area (Å²) >= 11 is 0. The van der Waals surface area contributed by atoms with Gasteiger partial charge in [0.05, 0.1) is 0 Å². The molecule has 2 nitrogen and oxygen atoms in total. The summed E-state index contributed by atoms with van der Waals surface area (Å²) in [6.45, 7) is 7.94. The summed E-state index contributed by atoms with van der Waals surface area (Å²) in [6.07, 6.45) is -7.20. The minimum atomic E-state index is -4.70. The number of hydrogen-bond donors (Lipinski definition) is 1. The van der Waals surface area contributed by atoms with Crippen LogP contribution in [0.2, 0.25) is 0 Å². The molecule has 1 atom stereocenters. The lowest BCUT2D eigenvalue weighted by Gasteiger charge is -2.24. The van der Waals surface area contributed by atoms with E-state index < -0.39 is 12.3 Å². The van der Waals surface area contributed by atoms with Gasteiger partial charge >= 0.3 is 6.18 Å². The monoisotopic (exact) mass is 366 g/mol. The van der Waals surface area contributed by atoms with Gasteiger partial charge in [0.2, 0.25) is 0 Å². The van der Waals surface area contributed by atoms with Gasteiger partial charge in [-0.05, 0) is 46.2 Å². The van der Waals surface area contributed by atoms with Crippen molar-refractivity contribution in [2.75, 3.05) is 0 Å². The van der Waals surface area contributed by atoms with Gasteiger partial charge in [-0.3, -0.25) is 0 Å². The molecular weight excluding hydrogens is 341 g/mol. The molecule has 0 spiro atoms. The van der Waals surface area contributed by atoms with Crippen LogP contribution in [0.3, 0.4) is 0 Å². The summed E-state index contributed by atoms with van der Waals surface area (Å²) in [5.41, 5.74) is 2.18. The second-order valence-corrected chi connectivity index (χ2v) is 7.06. The SMILES string of the molecule is CC(C)c1cc(C(O)C(F)(F)F)cc(C(C)C)c1OCc1ccccc1. The molecule has 0 aliphatic rings. The van der Waals surface area contributed by atoms with Crippen LogP contribution in [0.1, 0.15) is 67.9 Å². The zero-order chi connectivity index (χ0) is 19.5. The van der Waals surface area contributed by atoms with E-state index in [1.165, 1.54) is 12.1 Å². The number of halogens is 3. The predicted octanol–water partition coefficient (Wildman–Crippen LogP) is 6.11. The van der Waals surface area contributed by atoms with Crippen LogP contribution < -0.4 is 4.74 Å². The summed E-state index contributed by atoms with van der Waals surface area (Å²) in [7, 11) is 0. The fraction of sp³-hybridized carbons (Fsp3) is 0.429. The van der Waals surface area contributed by atoms with E-state index in [0.29, 0.717) is 23.5 Å². The Hall–Kier alpha value is -2.01. The second-order valence-electron chi connectivity index (χ2n) is 7.06. The topological polar surface area (TPSA) is 29.5 Å². The largest absolute Gasteiger partial charge is 0.488 e. The lowest BCUT2D eigenvalue weighted by molar-refractivity contribution is -0.206. The summed E-state index contributed by atoms with van der Waals surface area (Å²) in [5.74, 6) is 0.522. The fourth-order valence-corrected chi connectivity index (χ4v) is 2.80. The second kappa shape index (κ2) is 8.12. The highest BCUT2D eigenvalue weighted by Crippen LogP contribution is 2.41. The van der Waals surface area contributed by atoms with Crippen LogP contribution >= 0.6 is 0 Å². The van der Waals surface area contributed by atoms with Crippen molar-refractivity contribution >= 4 is 0 Å². The average molecular weight is 366 g/mol. The summed E-state index contributed by atoms with van der Waals surface area (Å²) < 4.78 is 45.0. The van der Waals surface area contributed by atoms with Crippen LogP contribution in [0.15, 0.2) is 42.5 Å². The number of benzene rings is 2. The maximum Gasteiger partial charge on any atom is 0.418 e. The molecule has 0 saturated carbocycles. The highest BCUT2D eigenvalue weighted by Gasteiger charge is 2.40. The number of ether oxygens (including phenoxy) is 1. The smallest absolute Gasteiger partial charge is 0.418 e. The first-order valence-electron chi connectivity index (χ1n) is 8.70. The average Bonchev–Trinajstić information content (AvgIpc) is 2.58. The Morgan fingerprint density at radius 1 is 0.923 bits per heavy atom. The Kier molecular flexibility index (Phi) is 6.34. The maximum absolute atomic E-state index is 13.0. The van der Waals surface area contributed by atoms with Crippen molar-refractivity contribution in [3.05, 3.63) is 64.7 Å². The molecule has 0 radical (unpaired) electrons. The molecular formula is C21H25F3O2. The normalized spacial score (nSPS) is 13.3. The molecule has 142 valence electrons. The number of aliphatic hydroxyl groups is 1. The Morgan fingerprint density at radius 2 is 1.42 bits per heavy atom. The van der Waals surface area contributed by atoms with E-state index in [-0.39, 0.29) is 17.4 Å². The van der Waals surface area contributed by atoms with Crippen molar-refractivity contribution in [1.29, 1.82) is 0 Å². The number of hydrogen-bond acceptors (Lipinski definition) is 2. The Morgan fingerprint density at radius 3 is 1.85 bits per heavy atom. The van der Waals surface area contributed by atoms with Crippen LogP contribution in [0, 0.1) is 0 Å². The lowest BCUT2D eigenvalue weighted by atomic mass is 9.90. The van der Waals surface area contributed by atoms with Gasteiger partial charge in [-0.2, -0.15) is 13.2 Å². The van der Waals surface area contributed by atoms with E-state index in [9.17, 15) is 18.3 Å². The maximum atomic E-state index is 13.0. The molecule has 2 aromatic carbocycles. The van der Waals surface area contributed by atoms with Crippen molar-refractivity contribution in [3.8, 4) is 5.75 Å². The lowest BCUT2D eigenvalue weighted by Crippen LogP contribution is -2.21. The molecule has 0 aromatic heterocycles. The van der Waals surface area contributed by atoms with Crippen LogP contribution in [0.4, 0.5) is 13.2 Å². The van der Waals surface area contributed by atoms with Gasteiger partial charge in [-0.1, -0.05) is 58.0 Å². The van der Waals surface area contributed by atoms with Crippen molar-refractivity contribution in [2.45, 2.75) is 58.4 Å². The molecule has 0 aliphatic carbocycles. The molecule has 0 fully saturated rings. The van der Waals surface area contributed by atoms with Gasteiger partial charge in [-0.15, -0.1) is 0 Å². The molecule has 1 N–H and O–H groups in total. The third-order valence-electron chi connectivity index (χ3n) is 4.26. The van der Waals surface area contributed by atoms with E-state index in [4.69, 9.17) is 4.74 Å². The summed E-state index contributed by atoms with van der Waals surface area (Å²) in [5, 5.41) is 9.70. The molecule has 0 aliphatic heterocycles. The van der Waals surface area contributed by atoms with Gasteiger partial charge in [0.25, 0.3) is 0 Å². The molecule has 2 aromatic rings. The minimum absolute atomic E-state index is 0.0429. The van der Waals surface area contributed by atoms with Gasteiger partial charge in [0.15, 0.2) is 6.10 Å². The molecule has 1 unspecified atom stereocenters. The van der Waals surface area contributed by atoms with E-state index in [2.05, 4.69) is 0 Å². The van der Waals surface area contributed by atoms with Gasteiger partial charge in [-0.25, -0.2) is 0 Å². The summed E-state index contributed by atoms with van der Waals surface area (Å²) in [4.78, 5) is 0. The molecule has 26 heavy (non-hydrogen) atoms. The number of aliphatic hydroxyl groups excluding tert-OH is 1. The molecule has 0 amide bonds. The highest BCUT2D eigenvalue weighted by atomic mass is 19.4. The van der Waals surface area contributed by atoms with Crippen molar-refractivity contribution in [2.24, 2.45) is 0 Å². The zero-order valence-corrected chi connectivity index (χ0v) is 15.5. The van der Waals surface area contributed by atoms with Crippen LogP contribution in [0.5, 0.6) is 5.75 Å². The quantitative estimate of drug-likeness (QED) is 0.668. The van der Waals surface area contributed by atoms with Crippen LogP contribution in [-0.4, -0.2) is 11.3 Å². The van der Waals surface area contributed by atoms with Gasteiger partial charge in [0, 0.05) is 0 Å². The Bertz CT molecular complexity index is 693. The Labute approximate surface area is 152 Å². The van der Waals surface area contributed by atoms with E-state index in [0.717, 1.165) is 5.56 Å². The molecule has 0 heterocycles. The third-order valence-corrected chi connectivity index (χ3v) is 4.26. The minimum Gasteiger partial charge on any atom is -0.488 e. The number of rotatable bonds is 6. The van der Waals surface area contributed by atoms with E-state index in [1.54, 1.807) is 0 Å². The highest BCUT2D eigenvalue weighted by molar-refractivity contribution is 5.48. The molecule has 2 rings (SSSR count). The predicted molar refractivity (Wildman–Crippen MR) is 96.4 cm³/mol. The number of alkyl halides is 3. The first kappa shape index (κ1) is 20.3.